The second-order valence-electron chi connectivity index (χ2n) is 4.60. The van der Waals surface area contributed by atoms with Crippen LogP contribution in [-0.2, 0) is 0 Å². The second kappa shape index (κ2) is 3.86. The maximum absolute atomic E-state index is 5.87. The first-order valence-electron chi connectivity index (χ1n) is 5.60. The third-order valence-corrected chi connectivity index (χ3v) is 3.33. The van der Waals surface area contributed by atoms with Gasteiger partial charge in [0, 0.05) is 11.5 Å². The fourth-order valence-electron chi connectivity index (χ4n) is 2.46. The molecule has 3 unspecified atom stereocenters. The zero-order valence-electron chi connectivity index (χ0n) is 9.66. The van der Waals surface area contributed by atoms with E-state index in [2.05, 4.69) is 39.0 Å². The van der Waals surface area contributed by atoms with Gasteiger partial charge < -0.3 is 10.5 Å². The summed E-state index contributed by atoms with van der Waals surface area (Å²) in [5.41, 5.74) is 8.32. The van der Waals surface area contributed by atoms with Crippen LogP contribution in [0, 0.1) is 12.8 Å². The summed E-state index contributed by atoms with van der Waals surface area (Å²) in [6.07, 6.45) is 0.250. The number of hydrogen-bond acceptors (Lipinski definition) is 2. The van der Waals surface area contributed by atoms with E-state index in [0.717, 1.165) is 5.75 Å². The predicted molar refractivity (Wildman–Crippen MR) is 62.2 cm³/mol. The lowest BCUT2D eigenvalue weighted by atomic mass is 9.85. The molecule has 2 heteroatoms. The van der Waals surface area contributed by atoms with Crippen molar-refractivity contribution in [2.45, 2.75) is 32.8 Å². The Morgan fingerprint density at radius 1 is 1.47 bits per heavy atom. The zero-order chi connectivity index (χ0) is 11.0. The minimum atomic E-state index is 0.250. The lowest BCUT2D eigenvalue weighted by molar-refractivity contribution is 0.200. The molecule has 82 valence electrons. The topological polar surface area (TPSA) is 35.2 Å². The average Bonchev–Trinajstić information content (AvgIpc) is 2.52. The van der Waals surface area contributed by atoms with Crippen molar-refractivity contribution in [3.63, 3.8) is 0 Å². The van der Waals surface area contributed by atoms with Crippen LogP contribution in [-0.4, -0.2) is 12.6 Å². The van der Waals surface area contributed by atoms with Gasteiger partial charge in [0.25, 0.3) is 0 Å². The number of ether oxygens (including phenoxy) is 1. The Hall–Kier alpha value is -1.02. The molecular formula is C13H19NO. The molecule has 1 aromatic rings. The van der Waals surface area contributed by atoms with E-state index in [9.17, 15) is 0 Å². The molecule has 0 bridgehead atoms. The van der Waals surface area contributed by atoms with Gasteiger partial charge in [-0.15, -0.1) is 0 Å². The van der Waals surface area contributed by atoms with E-state index >= 15 is 0 Å². The van der Waals surface area contributed by atoms with Crippen LogP contribution in [0.3, 0.4) is 0 Å². The average molecular weight is 205 g/mol. The maximum atomic E-state index is 5.87. The molecule has 1 aliphatic rings. The second-order valence-corrected chi connectivity index (χ2v) is 4.60. The van der Waals surface area contributed by atoms with E-state index in [0.29, 0.717) is 18.4 Å². The first-order chi connectivity index (χ1) is 7.13. The summed E-state index contributed by atoms with van der Waals surface area (Å²) in [6, 6.07) is 6.45. The quantitative estimate of drug-likeness (QED) is 0.805. The summed E-state index contributed by atoms with van der Waals surface area (Å²) < 4.78 is 5.87. The van der Waals surface area contributed by atoms with Gasteiger partial charge >= 0.3 is 0 Å². The van der Waals surface area contributed by atoms with Crippen LogP contribution in [0.25, 0.3) is 0 Å². The first-order valence-corrected chi connectivity index (χ1v) is 5.60. The van der Waals surface area contributed by atoms with Gasteiger partial charge in [-0.2, -0.15) is 0 Å². The van der Waals surface area contributed by atoms with Crippen molar-refractivity contribution in [2.75, 3.05) is 6.54 Å². The summed E-state index contributed by atoms with van der Waals surface area (Å²) in [5, 5.41) is 0. The van der Waals surface area contributed by atoms with E-state index < -0.39 is 0 Å². The minimum absolute atomic E-state index is 0.250. The molecule has 3 atom stereocenters. The van der Waals surface area contributed by atoms with Crippen LogP contribution in [0.5, 0.6) is 5.75 Å². The van der Waals surface area contributed by atoms with Gasteiger partial charge in [-0.3, -0.25) is 0 Å². The predicted octanol–water partition coefficient (Wildman–Crippen LogP) is 2.45. The van der Waals surface area contributed by atoms with E-state index in [1.165, 1.54) is 11.1 Å². The Morgan fingerprint density at radius 2 is 2.20 bits per heavy atom. The molecule has 1 heterocycles. The van der Waals surface area contributed by atoms with Crippen molar-refractivity contribution in [3.05, 3.63) is 29.3 Å². The molecule has 0 radical (unpaired) electrons. The van der Waals surface area contributed by atoms with Crippen molar-refractivity contribution < 1.29 is 4.74 Å². The van der Waals surface area contributed by atoms with Crippen LogP contribution in [0.1, 0.15) is 30.9 Å². The van der Waals surface area contributed by atoms with E-state index in [1.54, 1.807) is 0 Å². The maximum Gasteiger partial charge on any atom is 0.123 e. The third-order valence-electron chi connectivity index (χ3n) is 3.33. The molecule has 0 saturated heterocycles. The van der Waals surface area contributed by atoms with E-state index in [4.69, 9.17) is 10.5 Å². The van der Waals surface area contributed by atoms with Crippen LogP contribution in [0.2, 0.25) is 0 Å². The highest BCUT2D eigenvalue weighted by molar-refractivity contribution is 5.43. The van der Waals surface area contributed by atoms with Gasteiger partial charge in [-0.1, -0.05) is 19.1 Å². The molecule has 0 amide bonds. The van der Waals surface area contributed by atoms with Crippen LogP contribution in [0.4, 0.5) is 0 Å². The summed E-state index contributed by atoms with van der Waals surface area (Å²) in [4.78, 5) is 0. The molecule has 0 saturated carbocycles. The first kappa shape index (κ1) is 10.5. The highest BCUT2D eigenvalue weighted by Gasteiger charge is 2.34. The van der Waals surface area contributed by atoms with Crippen LogP contribution < -0.4 is 10.5 Å². The highest BCUT2D eigenvalue weighted by atomic mass is 16.5. The third kappa shape index (κ3) is 1.74. The zero-order valence-corrected chi connectivity index (χ0v) is 9.66. The van der Waals surface area contributed by atoms with Crippen molar-refractivity contribution in [3.8, 4) is 5.75 Å². The standard InChI is InChI=1S/C13H19NO/c1-8-4-5-11-12(6-8)15-10(3)13(11)9(2)7-14/h4-6,9-10,13H,7,14H2,1-3H3. The monoisotopic (exact) mass is 205 g/mol. The number of nitrogens with two attached hydrogens (primary N) is 1. The van der Waals surface area contributed by atoms with Gasteiger partial charge in [0.1, 0.15) is 11.9 Å². The molecule has 0 spiro atoms. The lowest BCUT2D eigenvalue weighted by Crippen LogP contribution is -2.25. The Labute approximate surface area is 91.4 Å². The Morgan fingerprint density at radius 3 is 2.87 bits per heavy atom. The van der Waals surface area contributed by atoms with Crippen LogP contribution in [0.15, 0.2) is 18.2 Å². The molecule has 2 N–H and O–H groups in total. The summed E-state index contributed by atoms with van der Waals surface area (Å²) in [7, 11) is 0. The van der Waals surface area contributed by atoms with E-state index in [-0.39, 0.29) is 6.10 Å². The number of hydrogen-bond donors (Lipinski definition) is 1. The van der Waals surface area contributed by atoms with Crippen molar-refractivity contribution >= 4 is 0 Å². The number of aryl methyl sites for hydroxylation is 1. The fraction of sp³-hybridized carbons (Fsp3) is 0.538. The van der Waals surface area contributed by atoms with Crippen molar-refractivity contribution in [2.24, 2.45) is 11.7 Å². The van der Waals surface area contributed by atoms with Gasteiger partial charge in [-0.05, 0) is 37.9 Å². The molecule has 1 aromatic carbocycles. The number of fused-ring (bicyclic) bond motifs is 1. The molecule has 1 aliphatic heterocycles. The highest BCUT2D eigenvalue weighted by Crippen LogP contribution is 2.42. The van der Waals surface area contributed by atoms with Gasteiger partial charge in [0.2, 0.25) is 0 Å². The summed E-state index contributed by atoms with van der Waals surface area (Å²) >= 11 is 0. The molecule has 15 heavy (non-hydrogen) atoms. The largest absolute Gasteiger partial charge is 0.490 e. The Kier molecular flexibility index (Phi) is 2.70. The van der Waals surface area contributed by atoms with Crippen molar-refractivity contribution in [1.82, 2.24) is 0 Å². The van der Waals surface area contributed by atoms with Gasteiger partial charge in [0.15, 0.2) is 0 Å². The Bertz CT molecular complexity index is 362. The lowest BCUT2D eigenvalue weighted by Gasteiger charge is -2.20. The molecule has 0 fully saturated rings. The molecule has 2 rings (SSSR count). The molecule has 0 aliphatic carbocycles. The number of rotatable bonds is 2. The molecule has 2 nitrogen and oxygen atoms in total. The Balaban J connectivity index is 2.37. The fourth-order valence-corrected chi connectivity index (χ4v) is 2.46. The molecule has 0 aromatic heterocycles. The number of benzene rings is 1. The van der Waals surface area contributed by atoms with Gasteiger partial charge in [-0.25, -0.2) is 0 Å². The van der Waals surface area contributed by atoms with Crippen LogP contribution >= 0.6 is 0 Å². The molecular weight excluding hydrogens is 186 g/mol. The normalized spacial score (nSPS) is 25.9. The van der Waals surface area contributed by atoms with E-state index in [1.807, 2.05) is 0 Å². The summed E-state index contributed by atoms with van der Waals surface area (Å²) in [5.74, 6) is 1.97. The summed E-state index contributed by atoms with van der Waals surface area (Å²) in [6.45, 7) is 7.13. The van der Waals surface area contributed by atoms with Gasteiger partial charge in [0.05, 0.1) is 0 Å². The SMILES string of the molecule is Cc1ccc2c(c1)OC(C)C2C(C)CN. The van der Waals surface area contributed by atoms with Crippen molar-refractivity contribution in [1.29, 1.82) is 0 Å². The minimum Gasteiger partial charge on any atom is -0.490 e. The smallest absolute Gasteiger partial charge is 0.123 e.